The number of nitrogens with one attached hydrogen (secondary N) is 1. The van der Waals surface area contributed by atoms with Gasteiger partial charge in [-0.25, -0.2) is 8.42 Å². The molecule has 1 aliphatic heterocycles. The molecule has 1 aliphatic carbocycles. The zero-order chi connectivity index (χ0) is 22.1. The van der Waals surface area contributed by atoms with Crippen LogP contribution in [0.15, 0.2) is 41.3 Å². The van der Waals surface area contributed by atoms with Crippen LogP contribution in [0.1, 0.15) is 40.0 Å². The molecule has 1 N–H and O–H groups in total. The molecule has 0 bridgehead atoms. The monoisotopic (exact) mass is 432 g/mol. The van der Waals surface area contributed by atoms with Crippen LogP contribution in [0.5, 0.6) is 0 Å². The van der Waals surface area contributed by atoms with Crippen LogP contribution >= 0.6 is 0 Å². The van der Waals surface area contributed by atoms with Gasteiger partial charge in [0.25, 0.3) is 0 Å². The lowest BCUT2D eigenvalue weighted by molar-refractivity contribution is -0.147. The van der Waals surface area contributed by atoms with Crippen LogP contribution < -0.4 is 5.32 Å². The Morgan fingerprint density at radius 2 is 1.60 bits per heavy atom. The van der Waals surface area contributed by atoms with E-state index in [1.165, 1.54) is 24.3 Å². The van der Waals surface area contributed by atoms with Gasteiger partial charge in [0, 0.05) is 5.69 Å². The fourth-order valence-electron chi connectivity index (χ4n) is 4.05. The number of carbonyl (C=O) groups excluding carboxylic acids is 3. The van der Waals surface area contributed by atoms with E-state index in [0.29, 0.717) is 24.9 Å². The number of allylic oxidation sites excluding steroid dienone is 2. The summed E-state index contributed by atoms with van der Waals surface area (Å²) in [6, 6.07) is 5.03. The molecular formula is C22H28N2O5S. The van der Waals surface area contributed by atoms with Gasteiger partial charge in [-0.15, -0.1) is 0 Å². The van der Waals surface area contributed by atoms with Gasteiger partial charge in [0.2, 0.25) is 17.7 Å². The molecular weight excluding hydrogens is 404 g/mol. The maximum atomic E-state index is 13.1. The Morgan fingerprint density at radius 1 is 1.07 bits per heavy atom. The largest absolute Gasteiger partial charge is 0.324 e. The first-order chi connectivity index (χ1) is 14.2. The summed E-state index contributed by atoms with van der Waals surface area (Å²) in [5.41, 5.74) is 0.419. The minimum Gasteiger partial charge on any atom is -0.324 e. The van der Waals surface area contributed by atoms with Crippen molar-refractivity contribution in [2.24, 2.45) is 17.8 Å². The molecule has 0 radical (unpaired) electrons. The molecule has 3 rings (SSSR count). The molecule has 1 heterocycles. The first-order valence-electron chi connectivity index (χ1n) is 10.3. The number of likely N-dealkylation sites (tertiary alicyclic amines) is 1. The van der Waals surface area contributed by atoms with Crippen LogP contribution in [0.4, 0.5) is 5.69 Å². The first kappa shape index (κ1) is 22.2. The lowest BCUT2D eigenvalue weighted by atomic mass is 9.85. The fraction of sp³-hybridized carbons (Fsp3) is 0.500. The Balaban J connectivity index is 1.81. The Labute approximate surface area is 177 Å². The van der Waals surface area contributed by atoms with Crippen molar-refractivity contribution in [2.45, 2.75) is 51.0 Å². The third-order valence-corrected chi connectivity index (χ3v) is 7.46. The highest BCUT2D eigenvalue weighted by atomic mass is 32.2. The van der Waals surface area contributed by atoms with Crippen LogP contribution in [0.25, 0.3) is 0 Å². The van der Waals surface area contributed by atoms with Gasteiger partial charge in [-0.2, -0.15) is 0 Å². The number of sulfone groups is 1. The second kappa shape index (κ2) is 8.71. The third-order valence-electron chi connectivity index (χ3n) is 5.71. The predicted molar refractivity (Wildman–Crippen MR) is 113 cm³/mol. The van der Waals surface area contributed by atoms with Gasteiger partial charge in [-0.05, 0) is 49.4 Å². The lowest BCUT2D eigenvalue weighted by Gasteiger charge is -2.27. The van der Waals surface area contributed by atoms with E-state index in [0.717, 1.165) is 4.90 Å². The van der Waals surface area contributed by atoms with Crippen molar-refractivity contribution in [3.63, 3.8) is 0 Å². The highest BCUT2D eigenvalue weighted by molar-refractivity contribution is 7.91. The molecule has 1 aromatic rings. The number of hydrogen-bond donors (Lipinski definition) is 1. The average molecular weight is 433 g/mol. The minimum atomic E-state index is -3.33. The van der Waals surface area contributed by atoms with Crippen molar-refractivity contribution >= 4 is 33.2 Å². The lowest BCUT2D eigenvalue weighted by Crippen LogP contribution is -2.48. The number of benzene rings is 1. The number of anilines is 1. The number of rotatable bonds is 7. The molecule has 1 fully saturated rings. The number of amides is 3. The van der Waals surface area contributed by atoms with Gasteiger partial charge in [0.05, 0.1) is 22.5 Å². The van der Waals surface area contributed by atoms with Crippen LogP contribution in [0.3, 0.4) is 0 Å². The number of hydrogen-bond acceptors (Lipinski definition) is 5. The molecule has 0 saturated carbocycles. The van der Waals surface area contributed by atoms with Crippen molar-refractivity contribution in [1.82, 2.24) is 4.90 Å². The molecule has 3 unspecified atom stereocenters. The topological polar surface area (TPSA) is 101 Å². The molecule has 0 aromatic heterocycles. The maximum absolute atomic E-state index is 13.1. The van der Waals surface area contributed by atoms with Crippen molar-refractivity contribution in [3.8, 4) is 0 Å². The molecule has 8 heteroatoms. The van der Waals surface area contributed by atoms with Crippen molar-refractivity contribution < 1.29 is 22.8 Å². The zero-order valence-electron chi connectivity index (χ0n) is 17.5. The van der Waals surface area contributed by atoms with Crippen molar-refractivity contribution in [3.05, 3.63) is 36.4 Å². The predicted octanol–water partition coefficient (Wildman–Crippen LogP) is 2.78. The Hall–Kier alpha value is -2.48. The van der Waals surface area contributed by atoms with Crippen LogP contribution in [0, 0.1) is 17.8 Å². The summed E-state index contributed by atoms with van der Waals surface area (Å²) in [6.45, 7) is 5.44. The second-order valence-corrected chi connectivity index (χ2v) is 10.5. The first-order valence-corrected chi connectivity index (χ1v) is 12.0. The van der Waals surface area contributed by atoms with Gasteiger partial charge in [-0.1, -0.05) is 32.9 Å². The van der Waals surface area contributed by atoms with Crippen LogP contribution in [-0.4, -0.2) is 42.8 Å². The summed E-state index contributed by atoms with van der Waals surface area (Å²) in [5.74, 6) is -1.68. The zero-order valence-corrected chi connectivity index (χ0v) is 18.3. The van der Waals surface area contributed by atoms with E-state index in [2.05, 4.69) is 5.32 Å². The Kier molecular flexibility index (Phi) is 6.45. The normalized spacial score (nSPS) is 22.3. The summed E-state index contributed by atoms with van der Waals surface area (Å²) in [6.07, 6.45) is 5.24. The number of nitrogens with zero attached hydrogens (tertiary/aromatic N) is 1. The fourth-order valence-corrected chi connectivity index (χ4v) is 4.93. The third kappa shape index (κ3) is 4.33. The van der Waals surface area contributed by atoms with Gasteiger partial charge >= 0.3 is 0 Å². The molecule has 1 aromatic carbocycles. The van der Waals surface area contributed by atoms with E-state index in [-0.39, 0.29) is 40.2 Å². The van der Waals surface area contributed by atoms with E-state index in [9.17, 15) is 22.8 Å². The number of carbonyl (C=O) groups is 3. The van der Waals surface area contributed by atoms with E-state index in [1.54, 1.807) is 6.92 Å². The molecule has 3 amide bonds. The van der Waals surface area contributed by atoms with Crippen molar-refractivity contribution in [1.29, 1.82) is 0 Å². The number of fused-ring (bicyclic) bond motifs is 1. The SMILES string of the molecule is CCS(=O)(=O)c1ccc(NC(=O)C(CC(C)C)N2C(=O)C3CC=CCC3C2=O)cc1. The summed E-state index contributed by atoms with van der Waals surface area (Å²) in [4.78, 5) is 40.3. The van der Waals surface area contributed by atoms with Gasteiger partial charge in [0.15, 0.2) is 9.84 Å². The summed E-state index contributed by atoms with van der Waals surface area (Å²) < 4.78 is 23.9. The highest BCUT2D eigenvalue weighted by Gasteiger charge is 2.51. The maximum Gasteiger partial charge on any atom is 0.247 e. The highest BCUT2D eigenvalue weighted by Crippen LogP contribution is 2.37. The average Bonchev–Trinajstić information content (AvgIpc) is 2.97. The quantitative estimate of drug-likeness (QED) is 0.527. The van der Waals surface area contributed by atoms with Crippen LogP contribution in [-0.2, 0) is 24.2 Å². The number of imide groups is 1. The molecule has 7 nitrogen and oxygen atoms in total. The summed E-state index contributed by atoms with van der Waals surface area (Å²) in [7, 11) is -3.33. The van der Waals surface area contributed by atoms with Crippen LogP contribution in [0.2, 0.25) is 0 Å². The van der Waals surface area contributed by atoms with E-state index < -0.39 is 21.8 Å². The van der Waals surface area contributed by atoms with Crippen molar-refractivity contribution in [2.75, 3.05) is 11.1 Å². The van der Waals surface area contributed by atoms with Gasteiger partial charge in [-0.3, -0.25) is 19.3 Å². The van der Waals surface area contributed by atoms with Gasteiger partial charge in [0.1, 0.15) is 6.04 Å². The standard InChI is InChI=1S/C22H28N2O5S/c1-4-30(28,29)16-11-9-15(10-12-16)23-20(25)19(13-14(2)3)24-21(26)17-7-5-6-8-18(17)22(24)27/h5-6,9-12,14,17-19H,4,7-8,13H2,1-3H3,(H,23,25). The Morgan fingerprint density at radius 3 is 2.07 bits per heavy atom. The molecule has 1 saturated heterocycles. The van der Waals surface area contributed by atoms with E-state index in [4.69, 9.17) is 0 Å². The van der Waals surface area contributed by atoms with Gasteiger partial charge < -0.3 is 5.32 Å². The second-order valence-electron chi connectivity index (χ2n) is 8.26. The summed E-state index contributed by atoms with van der Waals surface area (Å²) >= 11 is 0. The Bertz CT molecular complexity index is 940. The minimum absolute atomic E-state index is 0.00839. The molecule has 30 heavy (non-hydrogen) atoms. The molecule has 162 valence electrons. The summed E-state index contributed by atoms with van der Waals surface area (Å²) in [5, 5.41) is 2.75. The smallest absolute Gasteiger partial charge is 0.247 e. The molecule has 3 atom stereocenters. The van der Waals surface area contributed by atoms with E-state index >= 15 is 0 Å². The van der Waals surface area contributed by atoms with E-state index in [1.807, 2.05) is 26.0 Å². The molecule has 0 spiro atoms. The molecule has 2 aliphatic rings.